The second-order valence-corrected chi connectivity index (χ2v) is 6.41. The maximum atomic E-state index is 11.6. The molecular formula is C11H20N2O2S. The molecule has 0 spiro atoms. The van der Waals surface area contributed by atoms with Crippen LogP contribution in [0.25, 0.3) is 0 Å². The quantitative estimate of drug-likeness (QED) is 0.497. The van der Waals surface area contributed by atoms with E-state index < -0.39 is 10.0 Å². The van der Waals surface area contributed by atoms with Gasteiger partial charge in [0.2, 0.25) is 10.0 Å². The number of hydrogen-bond donors (Lipinski definition) is 1. The molecule has 0 radical (unpaired) electrons. The molecule has 1 rings (SSSR count). The van der Waals surface area contributed by atoms with Crippen LogP contribution in [-0.2, 0) is 10.0 Å². The first-order chi connectivity index (χ1) is 7.56. The van der Waals surface area contributed by atoms with Gasteiger partial charge in [-0.05, 0) is 32.2 Å². The average molecular weight is 244 g/mol. The number of nitrogens with zero attached hydrogens (tertiary/aromatic N) is 1. The van der Waals surface area contributed by atoms with Gasteiger partial charge in [0.25, 0.3) is 0 Å². The van der Waals surface area contributed by atoms with E-state index in [1.165, 1.54) is 24.2 Å². The lowest BCUT2D eigenvalue weighted by Crippen LogP contribution is -2.30. The summed E-state index contributed by atoms with van der Waals surface area (Å²) in [4.78, 5) is 0. The van der Waals surface area contributed by atoms with E-state index in [0.717, 1.165) is 13.0 Å². The van der Waals surface area contributed by atoms with Crippen LogP contribution >= 0.6 is 0 Å². The largest absolute Gasteiger partial charge is 0.314 e. The first kappa shape index (κ1) is 13.5. The Morgan fingerprint density at radius 3 is 2.69 bits per heavy atom. The Kier molecular flexibility index (Phi) is 5.26. The Morgan fingerprint density at radius 2 is 2.12 bits per heavy atom. The molecule has 0 aliphatic heterocycles. The van der Waals surface area contributed by atoms with Gasteiger partial charge in [-0.15, -0.1) is 6.42 Å². The van der Waals surface area contributed by atoms with Crippen molar-refractivity contribution in [2.45, 2.75) is 31.7 Å². The van der Waals surface area contributed by atoms with Crippen molar-refractivity contribution >= 4 is 10.0 Å². The van der Waals surface area contributed by atoms with Gasteiger partial charge in [0.1, 0.15) is 0 Å². The van der Waals surface area contributed by atoms with Crippen molar-refractivity contribution in [2.24, 2.45) is 0 Å². The van der Waals surface area contributed by atoms with Crippen LogP contribution in [0.15, 0.2) is 0 Å². The van der Waals surface area contributed by atoms with Gasteiger partial charge in [0, 0.05) is 13.1 Å². The molecule has 16 heavy (non-hydrogen) atoms. The SMILES string of the molecule is C#CCN(C)S(=O)(=O)CCCCNC1CC1. The molecule has 1 saturated carbocycles. The summed E-state index contributed by atoms with van der Waals surface area (Å²) >= 11 is 0. The summed E-state index contributed by atoms with van der Waals surface area (Å²) in [5.41, 5.74) is 0. The summed E-state index contributed by atoms with van der Waals surface area (Å²) in [6, 6.07) is 0.695. The van der Waals surface area contributed by atoms with Crippen LogP contribution in [0.2, 0.25) is 0 Å². The van der Waals surface area contributed by atoms with E-state index in [1.54, 1.807) is 0 Å². The van der Waals surface area contributed by atoms with Crippen LogP contribution in [-0.4, -0.2) is 44.7 Å². The third-order valence-corrected chi connectivity index (χ3v) is 4.51. The Labute approximate surface area is 98.5 Å². The molecule has 1 aliphatic rings. The molecule has 92 valence electrons. The summed E-state index contributed by atoms with van der Waals surface area (Å²) in [5.74, 6) is 2.52. The van der Waals surface area contributed by atoms with Crippen molar-refractivity contribution < 1.29 is 8.42 Å². The van der Waals surface area contributed by atoms with Gasteiger partial charge in [-0.25, -0.2) is 8.42 Å². The molecule has 4 nitrogen and oxygen atoms in total. The van der Waals surface area contributed by atoms with Crippen LogP contribution in [0.4, 0.5) is 0 Å². The zero-order valence-electron chi connectivity index (χ0n) is 9.78. The molecule has 0 atom stereocenters. The van der Waals surface area contributed by atoms with E-state index in [0.29, 0.717) is 12.5 Å². The van der Waals surface area contributed by atoms with E-state index in [1.807, 2.05) is 0 Å². The van der Waals surface area contributed by atoms with Crippen molar-refractivity contribution in [3.63, 3.8) is 0 Å². The maximum absolute atomic E-state index is 11.6. The first-order valence-electron chi connectivity index (χ1n) is 5.67. The molecular weight excluding hydrogens is 224 g/mol. The first-order valence-corrected chi connectivity index (χ1v) is 7.28. The zero-order valence-corrected chi connectivity index (χ0v) is 10.6. The third kappa shape index (κ3) is 4.97. The van der Waals surface area contributed by atoms with E-state index in [-0.39, 0.29) is 12.3 Å². The highest BCUT2D eigenvalue weighted by Gasteiger charge is 2.20. The smallest absolute Gasteiger partial charge is 0.214 e. The summed E-state index contributed by atoms with van der Waals surface area (Å²) in [6.07, 6.45) is 9.20. The fourth-order valence-electron chi connectivity index (χ4n) is 1.39. The summed E-state index contributed by atoms with van der Waals surface area (Å²) in [7, 11) is -1.62. The van der Waals surface area contributed by atoms with Gasteiger partial charge < -0.3 is 5.32 Å². The second kappa shape index (κ2) is 6.24. The van der Waals surface area contributed by atoms with Gasteiger partial charge >= 0.3 is 0 Å². The third-order valence-electron chi connectivity index (χ3n) is 2.63. The fourth-order valence-corrected chi connectivity index (χ4v) is 2.54. The Balaban J connectivity index is 2.11. The number of rotatable bonds is 8. The molecule has 1 fully saturated rings. The number of nitrogens with one attached hydrogen (secondary N) is 1. The molecule has 0 aromatic rings. The van der Waals surface area contributed by atoms with Gasteiger partial charge in [0.05, 0.1) is 12.3 Å². The fraction of sp³-hybridized carbons (Fsp3) is 0.818. The van der Waals surface area contributed by atoms with Crippen LogP contribution in [0.1, 0.15) is 25.7 Å². The second-order valence-electron chi connectivity index (χ2n) is 4.21. The van der Waals surface area contributed by atoms with Crippen molar-refractivity contribution in [1.82, 2.24) is 9.62 Å². The monoisotopic (exact) mass is 244 g/mol. The average Bonchev–Trinajstić information content (AvgIpc) is 3.01. The number of hydrogen-bond acceptors (Lipinski definition) is 3. The normalized spacial score (nSPS) is 16.3. The lowest BCUT2D eigenvalue weighted by Gasteiger charge is -2.13. The summed E-state index contributed by atoms with van der Waals surface area (Å²) < 4.78 is 24.5. The Bertz CT molecular complexity index is 341. The molecule has 0 heterocycles. The molecule has 0 amide bonds. The van der Waals surface area contributed by atoms with Crippen molar-refractivity contribution in [3.05, 3.63) is 0 Å². The van der Waals surface area contributed by atoms with Crippen molar-refractivity contribution in [2.75, 3.05) is 25.9 Å². The Hall–Kier alpha value is -0.570. The van der Waals surface area contributed by atoms with Gasteiger partial charge in [-0.3, -0.25) is 0 Å². The lowest BCUT2D eigenvalue weighted by atomic mass is 10.3. The van der Waals surface area contributed by atoms with E-state index >= 15 is 0 Å². The van der Waals surface area contributed by atoms with E-state index in [2.05, 4.69) is 11.2 Å². The van der Waals surface area contributed by atoms with Crippen LogP contribution in [0, 0.1) is 12.3 Å². The minimum atomic E-state index is -3.14. The molecule has 0 aromatic heterocycles. The maximum Gasteiger partial charge on any atom is 0.214 e. The molecule has 5 heteroatoms. The van der Waals surface area contributed by atoms with Crippen LogP contribution < -0.4 is 5.32 Å². The summed E-state index contributed by atoms with van der Waals surface area (Å²) in [6.45, 7) is 1.07. The van der Waals surface area contributed by atoms with Gasteiger partial charge in [-0.1, -0.05) is 5.92 Å². The highest BCUT2D eigenvalue weighted by atomic mass is 32.2. The molecule has 1 aliphatic carbocycles. The number of sulfonamides is 1. The predicted molar refractivity (Wildman–Crippen MR) is 65.5 cm³/mol. The summed E-state index contributed by atoms with van der Waals surface area (Å²) in [5, 5.41) is 3.36. The van der Waals surface area contributed by atoms with Gasteiger partial charge in [-0.2, -0.15) is 4.31 Å². The van der Waals surface area contributed by atoms with Crippen LogP contribution in [0.3, 0.4) is 0 Å². The molecule has 0 aromatic carbocycles. The standard InChI is InChI=1S/C11H20N2O2S/c1-3-9-13(2)16(14,15)10-5-4-8-12-11-6-7-11/h1,11-12H,4-10H2,2H3. The lowest BCUT2D eigenvalue weighted by molar-refractivity contribution is 0.499. The van der Waals surface area contributed by atoms with E-state index in [9.17, 15) is 8.42 Å². The Morgan fingerprint density at radius 1 is 1.44 bits per heavy atom. The highest BCUT2D eigenvalue weighted by molar-refractivity contribution is 7.89. The van der Waals surface area contributed by atoms with Crippen LogP contribution in [0.5, 0.6) is 0 Å². The minimum Gasteiger partial charge on any atom is -0.314 e. The number of unbranched alkanes of at least 4 members (excludes halogenated alkanes) is 1. The van der Waals surface area contributed by atoms with E-state index in [4.69, 9.17) is 6.42 Å². The molecule has 1 N–H and O–H groups in total. The minimum absolute atomic E-state index is 0.155. The van der Waals surface area contributed by atoms with Crippen molar-refractivity contribution in [3.8, 4) is 12.3 Å². The predicted octanol–water partition coefficient (Wildman–Crippen LogP) is 0.413. The zero-order chi connectivity index (χ0) is 12.0. The molecule has 0 saturated heterocycles. The highest BCUT2D eigenvalue weighted by Crippen LogP contribution is 2.18. The van der Waals surface area contributed by atoms with Crippen molar-refractivity contribution in [1.29, 1.82) is 0 Å². The molecule has 0 unspecified atom stereocenters. The number of terminal acetylenes is 1. The topological polar surface area (TPSA) is 49.4 Å². The van der Waals surface area contributed by atoms with Gasteiger partial charge in [0.15, 0.2) is 0 Å². The molecule has 0 bridgehead atoms.